The SMILES string of the molecule is O=C(CCCNC(=O)N1CCCC(c2ccccc2)C1)c1ccc(OC2CCC(C(=O)O)CC2)cc1. The normalized spacial score (nSPS) is 22.0. The summed E-state index contributed by atoms with van der Waals surface area (Å²) in [4.78, 5) is 38.2. The molecule has 2 aliphatic rings. The maximum absolute atomic E-state index is 12.6. The average molecular weight is 493 g/mol. The molecule has 0 aromatic heterocycles. The second-order valence-electron chi connectivity index (χ2n) is 9.91. The number of likely N-dealkylation sites (tertiary alicyclic amines) is 1. The van der Waals surface area contributed by atoms with Crippen LogP contribution in [0.25, 0.3) is 0 Å². The van der Waals surface area contributed by atoms with Crippen LogP contribution in [0.4, 0.5) is 4.79 Å². The van der Waals surface area contributed by atoms with Crippen molar-refractivity contribution in [1.29, 1.82) is 0 Å². The van der Waals surface area contributed by atoms with E-state index in [1.807, 2.05) is 23.1 Å². The number of carboxylic acids is 1. The lowest BCUT2D eigenvalue weighted by molar-refractivity contribution is -0.143. The van der Waals surface area contributed by atoms with E-state index in [1.165, 1.54) is 5.56 Å². The zero-order valence-corrected chi connectivity index (χ0v) is 20.7. The highest BCUT2D eigenvalue weighted by Crippen LogP contribution is 2.28. The fourth-order valence-electron chi connectivity index (χ4n) is 5.20. The van der Waals surface area contributed by atoms with Gasteiger partial charge in [0, 0.05) is 37.5 Å². The van der Waals surface area contributed by atoms with Crippen LogP contribution in [0.15, 0.2) is 54.6 Å². The fraction of sp³-hybridized carbons (Fsp3) is 0.483. The topological polar surface area (TPSA) is 95.9 Å². The third-order valence-electron chi connectivity index (χ3n) is 7.34. The third kappa shape index (κ3) is 7.09. The minimum absolute atomic E-state index is 0.0219. The van der Waals surface area contributed by atoms with Crippen molar-refractivity contribution in [3.8, 4) is 5.75 Å². The van der Waals surface area contributed by atoms with E-state index in [9.17, 15) is 14.4 Å². The molecule has 1 aliphatic carbocycles. The molecule has 1 saturated heterocycles. The standard InChI is InChI=1S/C29H36N2O5/c32-27(22-10-14-25(15-11-22)36-26-16-12-23(13-17-26)28(33)34)9-4-18-30-29(35)31-19-5-8-24(20-31)21-6-2-1-3-7-21/h1-3,6-7,10-11,14-15,23-24,26H,4-5,8-9,12-13,16-20H2,(H,30,35)(H,33,34). The van der Waals surface area contributed by atoms with Crippen molar-refractivity contribution >= 4 is 17.8 Å². The maximum atomic E-state index is 12.6. The van der Waals surface area contributed by atoms with Gasteiger partial charge in [-0.3, -0.25) is 9.59 Å². The number of benzene rings is 2. The van der Waals surface area contributed by atoms with Crippen LogP contribution in [0.2, 0.25) is 0 Å². The van der Waals surface area contributed by atoms with Crippen molar-refractivity contribution in [3.05, 3.63) is 65.7 Å². The van der Waals surface area contributed by atoms with Gasteiger partial charge in [0.2, 0.25) is 0 Å². The summed E-state index contributed by atoms with van der Waals surface area (Å²) in [5, 5.41) is 12.1. The molecular weight excluding hydrogens is 456 g/mol. The number of aliphatic carboxylic acids is 1. The van der Waals surface area contributed by atoms with E-state index in [1.54, 1.807) is 24.3 Å². The molecule has 4 rings (SSSR count). The molecule has 36 heavy (non-hydrogen) atoms. The highest BCUT2D eigenvalue weighted by atomic mass is 16.5. The van der Waals surface area contributed by atoms with Gasteiger partial charge in [0.25, 0.3) is 0 Å². The monoisotopic (exact) mass is 492 g/mol. The molecule has 1 aliphatic heterocycles. The summed E-state index contributed by atoms with van der Waals surface area (Å²) >= 11 is 0. The lowest BCUT2D eigenvalue weighted by atomic mass is 9.87. The van der Waals surface area contributed by atoms with Crippen molar-refractivity contribution in [2.75, 3.05) is 19.6 Å². The number of Topliss-reactive ketones (excluding diaryl/α,β-unsaturated/α-hetero) is 1. The Morgan fingerprint density at radius 2 is 1.67 bits per heavy atom. The molecule has 1 heterocycles. The van der Waals surface area contributed by atoms with Crippen molar-refractivity contribution < 1.29 is 24.2 Å². The molecule has 1 saturated carbocycles. The van der Waals surface area contributed by atoms with Gasteiger partial charge in [0.05, 0.1) is 12.0 Å². The summed E-state index contributed by atoms with van der Waals surface area (Å²) in [7, 11) is 0. The van der Waals surface area contributed by atoms with E-state index in [-0.39, 0.29) is 23.8 Å². The van der Waals surface area contributed by atoms with Gasteiger partial charge in [0.1, 0.15) is 5.75 Å². The van der Waals surface area contributed by atoms with Crippen molar-refractivity contribution in [2.45, 2.75) is 63.4 Å². The first-order valence-corrected chi connectivity index (χ1v) is 13.1. The number of nitrogens with one attached hydrogen (secondary N) is 1. The Balaban J connectivity index is 1.15. The number of urea groups is 1. The maximum Gasteiger partial charge on any atom is 0.317 e. The fourth-order valence-corrected chi connectivity index (χ4v) is 5.20. The van der Waals surface area contributed by atoms with Crippen LogP contribution in [0.1, 0.15) is 73.2 Å². The second-order valence-corrected chi connectivity index (χ2v) is 9.91. The molecule has 2 aromatic rings. The Morgan fingerprint density at radius 3 is 2.36 bits per heavy atom. The summed E-state index contributed by atoms with van der Waals surface area (Å²) < 4.78 is 5.98. The van der Waals surface area contributed by atoms with Gasteiger partial charge in [-0.25, -0.2) is 4.79 Å². The predicted molar refractivity (Wildman–Crippen MR) is 137 cm³/mol. The number of hydrogen-bond acceptors (Lipinski definition) is 4. The van der Waals surface area contributed by atoms with Gasteiger partial charge in [-0.2, -0.15) is 0 Å². The Labute approximate surface area is 212 Å². The van der Waals surface area contributed by atoms with Crippen LogP contribution >= 0.6 is 0 Å². The van der Waals surface area contributed by atoms with E-state index in [0.717, 1.165) is 38.8 Å². The van der Waals surface area contributed by atoms with Crippen LogP contribution in [0, 0.1) is 5.92 Å². The third-order valence-corrected chi connectivity index (χ3v) is 7.34. The molecule has 7 nitrogen and oxygen atoms in total. The number of carbonyl (C=O) groups is 3. The zero-order valence-electron chi connectivity index (χ0n) is 20.7. The minimum atomic E-state index is -0.723. The van der Waals surface area contributed by atoms with Crippen LogP contribution in [0.3, 0.4) is 0 Å². The van der Waals surface area contributed by atoms with Gasteiger partial charge in [-0.1, -0.05) is 30.3 Å². The lowest BCUT2D eigenvalue weighted by Crippen LogP contribution is -2.45. The van der Waals surface area contributed by atoms with Crippen LogP contribution in [0.5, 0.6) is 5.75 Å². The Morgan fingerprint density at radius 1 is 0.944 bits per heavy atom. The first-order chi connectivity index (χ1) is 17.5. The molecular formula is C29H36N2O5. The van der Waals surface area contributed by atoms with Gasteiger partial charge < -0.3 is 20.1 Å². The average Bonchev–Trinajstić information content (AvgIpc) is 2.92. The number of piperidine rings is 1. The number of ether oxygens (including phenoxy) is 1. The summed E-state index contributed by atoms with van der Waals surface area (Å²) in [6.07, 6.45) is 5.80. The quantitative estimate of drug-likeness (QED) is 0.368. The van der Waals surface area contributed by atoms with E-state index in [4.69, 9.17) is 9.84 Å². The highest BCUT2D eigenvalue weighted by molar-refractivity contribution is 5.96. The van der Waals surface area contributed by atoms with Crippen LogP contribution in [-0.4, -0.2) is 53.5 Å². The van der Waals surface area contributed by atoms with Crippen LogP contribution < -0.4 is 10.1 Å². The largest absolute Gasteiger partial charge is 0.490 e. The molecule has 0 radical (unpaired) electrons. The number of amides is 2. The van der Waals surface area contributed by atoms with E-state index < -0.39 is 5.97 Å². The summed E-state index contributed by atoms with van der Waals surface area (Å²) in [6.45, 7) is 1.96. The lowest BCUT2D eigenvalue weighted by Gasteiger charge is -2.33. The zero-order chi connectivity index (χ0) is 25.3. The Bertz CT molecular complexity index is 1020. The number of carboxylic acid groups (broad SMARTS) is 1. The van der Waals surface area contributed by atoms with Gasteiger partial charge in [-0.05, 0) is 74.8 Å². The van der Waals surface area contributed by atoms with Crippen molar-refractivity contribution in [2.24, 2.45) is 5.92 Å². The van der Waals surface area contributed by atoms with Crippen LogP contribution in [-0.2, 0) is 4.79 Å². The summed E-state index contributed by atoms with van der Waals surface area (Å²) in [6, 6.07) is 17.5. The second kappa shape index (κ2) is 12.6. The number of carbonyl (C=O) groups excluding carboxylic acids is 2. The number of hydrogen-bond donors (Lipinski definition) is 2. The first kappa shape index (κ1) is 25.7. The van der Waals surface area contributed by atoms with E-state index in [2.05, 4.69) is 17.4 Å². The number of rotatable bonds is 9. The molecule has 0 spiro atoms. The number of ketones is 1. The van der Waals surface area contributed by atoms with Crippen molar-refractivity contribution in [3.63, 3.8) is 0 Å². The molecule has 192 valence electrons. The van der Waals surface area contributed by atoms with Gasteiger partial charge in [0.15, 0.2) is 5.78 Å². The number of nitrogens with zero attached hydrogens (tertiary/aromatic N) is 1. The van der Waals surface area contributed by atoms with E-state index in [0.29, 0.717) is 49.5 Å². The Kier molecular flexibility index (Phi) is 8.98. The first-order valence-electron chi connectivity index (χ1n) is 13.1. The molecule has 2 fully saturated rings. The van der Waals surface area contributed by atoms with E-state index >= 15 is 0 Å². The molecule has 2 aromatic carbocycles. The molecule has 0 bridgehead atoms. The minimum Gasteiger partial charge on any atom is -0.490 e. The smallest absolute Gasteiger partial charge is 0.317 e. The molecule has 1 unspecified atom stereocenters. The molecule has 7 heteroatoms. The summed E-state index contributed by atoms with van der Waals surface area (Å²) in [5.41, 5.74) is 1.91. The molecule has 2 N–H and O–H groups in total. The van der Waals surface area contributed by atoms with Crippen molar-refractivity contribution in [1.82, 2.24) is 10.2 Å². The molecule has 1 atom stereocenters. The molecule has 2 amide bonds. The van der Waals surface area contributed by atoms with Gasteiger partial charge in [-0.15, -0.1) is 0 Å². The van der Waals surface area contributed by atoms with Gasteiger partial charge >= 0.3 is 12.0 Å². The highest BCUT2D eigenvalue weighted by Gasteiger charge is 2.27. The summed E-state index contributed by atoms with van der Waals surface area (Å²) in [5.74, 6) is 0.131. The Hall–Kier alpha value is -3.35. The predicted octanol–water partition coefficient (Wildman–Crippen LogP) is 5.26.